The molecule has 26 heteroatoms. The number of sulfone groups is 3. The van der Waals surface area contributed by atoms with Crippen molar-refractivity contribution < 1.29 is 59.5 Å². The van der Waals surface area contributed by atoms with E-state index in [1.807, 2.05) is 93.1 Å². The molecule has 478 valence electrons. The van der Waals surface area contributed by atoms with Gasteiger partial charge in [0.05, 0.1) is 20.4 Å². The summed E-state index contributed by atoms with van der Waals surface area (Å²) in [7, 11) is -9.80. The van der Waals surface area contributed by atoms with Crippen LogP contribution in [0.15, 0.2) is 212 Å². The number of hydrogen-bond acceptors (Lipinski definition) is 17. The first-order valence-corrected chi connectivity index (χ1v) is 37.3. The monoisotopic (exact) mass is 1380 g/mol. The van der Waals surface area contributed by atoms with Gasteiger partial charge in [-0.2, -0.15) is 11.3 Å². The van der Waals surface area contributed by atoms with Gasteiger partial charge >= 0.3 is 17.9 Å². The molecule has 12 rings (SSSR count). The maximum absolute atomic E-state index is 11.8. The van der Waals surface area contributed by atoms with Gasteiger partial charge in [-0.05, 0) is 183 Å². The van der Waals surface area contributed by atoms with Crippen molar-refractivity contribution in [3.05, 3.63) is 191 Å². The molecule has 0 aliphatic heterocycles. The van der Waals surface area contributed by atoms with E-state index >= 15 is 0 Å². The summed E-state index contributed by atoms with van der Waals surface area (Å²) in [5, 5.41) is 39.2. The smallest absolute Gasteiger partial charge is 0.323 e. The van der Waals surface area contributed by atoms with E-state index in [2.05, 4.69) is 32.6 Å². The summed E-state index contributed by atoms with van der Waals surface area (Å²) in [6.07, 6.45) is 8.46. The Morgan fingerprint density at radius 2 is 0.806 bits per heavy atom. The number of carboxylic acids is 3. The lowest BCUT2D eigenvalue weighted by atomic mass is 10.0. The van der Waals surface area contributed by atoms with Crippen molar-refractivity contribution in [1.29, 1.82) is 0 Å². The van der Waals surface area contributed by atoms with Crippen LogP contribution in [0.25, 0.3) is 66.1 Å². The predicted molar refractivity (Wildman–Crippen MR) is 363 cm³/mol. The minimum absolute atomic E-state index is 0.117. The molecule has 0 amide bonds. The highest BCUT2D eigenvalue weighted by molar-refractivity contribution is 8.00. The van der Waals surface area contributed by atoms with Crippen LogP contribution in [0, 0.1) is 34.6 Å². The highest BCUT2D eigenvalue weighted by Gasteiger charge is 2.23. The second kappa shape index (κ2) is 27.4. The molecular weight excluding hydrogens is 1320 g/mol. The molecule has 0 atom stereocenters. The van der Waals surface area contributed by atoms with Crippen LogP contribution in [-0.4, -0.2) is 106 Å². The number of nitrogens with zero attached hydrogens (tertiary/aromatic N) is 6. The maximum Gasteiger partial charge on any atom is 0.323 e. The van der Waals surface area contributed by atoms with E-state index in [0.29, 0.717) is 5.76 Å². The summed E-state index contributed by atoms with van der Waals surface area (Å²) in [5.41, 5.74) is 11.7. The Balaban J connectivity index is 0.000000153. The van der Waals surface area contributed by atoms with Crippen LogP contribution in [0.4, 0.5) is 0 Å². The van der Waals surface area contributed by atoms with E-state index in [0.717, 1.165) is 118 Å². The van der Waals surface area contributed by atoms with E-state index < -0.39 is 47.4 Å². The number of aromatic nitrogens is 6. The number of carbonyl (C=O) groups is 3. The fraction of sp³-hybridized carbons (Fsp3) is 0.164. The van der Waals surface area contributed by atoms with E-state index in [1.165, 1.54) is 60.4 Å². The standard InChI is InChI=1S/C23H22N2O5S2.C22H19N3O4S2.C22H19NO4S3/c1-13-22(15(3)30-24-13)16-5-10-20-19(11-16)23(14(2)25(20)12-21(26)27)31-17-6-8-18(9-7-17)32(4,28)29;1-14-22(30-17-4-6-18(7-5-17)31(2,28)29)19-9-15(16-10-23-13-24-11-16)3-8-20(19)25(14)12-21(26)27;1-14-22(29-17-4-6-18(7-5-17)30(2,26)27)19-11-15(16-9-10-28-13-16)3-8-20(19)23(14)12-21(24)25/h5-11H,12H2,1-4H3,(H,26,27);3-11,13H,12H2,1-2H3,(H,26,27);3-11,13H,12H2,1-2H3,(H,24,25). The number of rotatable bonds is 18. The number of fused-ring (bicyclic) bond motifs is 3. The highest BCUT2D eigenvalue weighted by atomic mass is 32.2. The van der Waals surface area contributed by atoms with Gasteiger partial charge in [0.2, 0.25) is 0 Å². The Kier molecular flexibility index (Phi) is 19.8. The van der Waals surface area contributed by atoms with Crippen molar-refractivity contribution in [2.75, 3.05) is 18.8 Å². The molecule has 0 saturated carbocycles. The van der Waals surface area contributed by atoms with Crippen molar-refractivity contribution in [2.45, 2.75) is 98.3 Å². The Morgan fingerprint density at radius 3 is 1.12 bits per heavy atom. The van der Waals surface area contributed by atoms with Crippen LogP contribution in [0.5, 0.6) is 0 Å². The number of aliphatic carboxylic acids is 3. The fourth-order valence-electron chi connectivity index (χ4n) is 10.7. The molecular formula is C67H60N6O13S7. The van der Waals surface area contributed by atoms with Gasteiger partial charge in [-0.1, -0.05) is 58.6 Å². The summed E-state index contributed by atoms with van der Waals surface area (Å²) in [4.78, 5) is 48.7. The van der Waals surface area contributed by atoms with Gasteiger partial charge in [-0.3, -0.25) is 14.4 Å². The number of thiophene rings is 1. The Labute approximate surface area is 552 Å². The Morgan fingerprint density at radius 1 is 0.462 bits per heavy atom. The number of aryl methyl sites for hydroxylation is 2. The van der Waals surface area contributed by atoms with E-state index in [1.54, 1.807) is 106 Å². The first-order valence-electron chi connectivity index (χ1n) is 28.2. The molecule has 0 fully saturated rings. The SMILES string of the molecule is Cc1c(Sc2ccc(S(C)(=O)=O)cc2)c2cc(-c3ccsc3)ccc2n1CC(=O)O.Cc1c(Sc2ccc(S(C)(=O)=O)cc2)c2cc(-c3cncnc3)ccc2n1CC(=O)O.Cc1noc(C)c1-c1ccc2c(c1)c(Sc1ccc(S(C)(=O)=O)cc1)c(C)n2CC(=O)O. The Bertz CT molecular complexity index is 5180. The third-order valence-corrected chi connectivity index (χ3v) is 22.9. The summed E-state index contributed by atoms with van der Waals surface area (Å²) >= 11 is 6.09. The molecule has 0 aliphatic rings. The van der Waals surface area contributed by atoms with Gasteiger partial charge in [0.15, 0.2) is 29.5 Å². The molecule has 0 unspecified atom stereocenters. The minimum Gasteiger partial charge on any atom is -0.480 e. The zero-order valence-electron chi connectivity index (χ0n) is 51.2. The lowest BCUT2D eigenvalue weighted by Crippen LogP contribution is -2.09. The quantitative estimate of drug-likeness (QED) is 0.0719. The minimum atomic E-state index is -3.28. The zero-order chi connectivity index (χ0) is 66.8. The number of carboxylic acid groups (broad SMARTS) is 3. The van der Waals surface area contributed by atoms with Crippen LogP contribution < -0.4 is 0 Å². The van der Waals surface area contributed by atoms with Crippen LogP contribution in [0.1, 0.15) is 28.5 Å². The molecule has 6 aromatic carbocycles. The molecule has 3 N–H and O–H groups in total. The lowest BCUT2D eigenvalue weighted by Gasteiger charge is -2.06. The van der Waals surface area contributed by atoms with E-state index in [4.69, 9.17) is 4.52 Å². The highest BCUT2D eigenvalue weighted by Crippen LogP contribution is 2.44. The average molecular weight is 1380 g/mol. The third kappa shape index (κ3) is 15.2. The van der Waals surface area contributed by atoms with Gasteiger partial charge in [-0.25, -0.2) is 35.2 Å². The first kappa shape index (κ1) is 67.1. The summed E-state index contributed by atoms with van der Waals surface area (Å²) in [6.45, 7) is 9.03. The van der Waals surface area contributed by atoms with Gasteiger partial charge in [0.25, 0.3) is 0 Å². The second-order valence-electron chi connectivity index (χ2n) is 21.8. The molecule has 0 saturated heterocycles. The molecule has 12 aromatic rings. The largest absolute Gasteiger partial charge is 0.480 e. The van der Waals surface area contributed by atoms with Gasteiger partial charge in [-0.15, -0.1) is 0 Å². The first-order chi connectivity index (χ1) is 44.0. The van der Waals surface area contributed by atoms with Crippen LogP contribution in [0.2, 0.25) is 0 Å². The third-order valence-electron chi connectivity index (χ3n) is 15.2. The van der Waals surface area contributed by atoms with Crippen molar-refractivity contribution in [1.82, 2.24) is 28.8 Å². The predicted octanol–water partition coefficient (Wildman–Crippen LogP) is 14.2. The number of hydrogen-bond donors (Lipinski definition) is 3. The molecule has 0 bridgehead atoms. The van der Waals surface area contributed by atoms with E-state index in [-0.39, 0.29) is 34.3 Å². The van der Waals surface area contributed by atoms with E-state index in [9.17, 15) is 55.0 Å². The van der Waals surface area contributed by atoms with Crippen molar-refractivity contribution in [3.63, 3.8) is 0 Å². The molecule has 19 nitrogen and oxygen atoms in total. The lowest BCUT2D eigenvalue weighted by molar-refractivity contribution is -0.138. The molecule has 0 aliphatic carbocycles. The molecule has 6 heterocycles. The zero-order valence-corrected chi connectivity index (χ0v) is 56.9. The molecule has 93 heavy (non-hydrogen) atoms. The molecule has 6 aromatic heterocycles. The van der Waals surface area contributed by atoms with Gasteiger partial charge < -0.3 is 33.5 Å². The van der Waals surface area contributed by atoms with Crippen LogP contribution in [0.3, 0.4) is 0 Å². The summed E-state index contributed by atoms with van der Waals surface area (Å²) in [5.74, 6) is -2.02. The Hall–Kier alpha value is -8.76. The van der Waals surface area contributed by atoms with Gasteiger partial charge in [0, 0.05) is 121 Å². The van der Waals surface area contributed by atoms with Crippen molar-refractivity contribution >= 4 is 127 Å². The second-order valence-corrected chi connectivity index (χ2v) is 31.8. The fourth-order valence-corrected chi connectivity index (χ4v) is 16.3. The van der Waals surface area contributed by atoms with Crippen molar-refractivity contribution in [2.24, 2.45) is 0 Å². The topological polar surface area (TPSA) is 281 Å². The van der Waals surface area contributed by atoms with Crippen LogP contribution in [-0.2, 0) is 63.5 Å². The maximum atomic E-state index is 11.8. The van der Waals surface area contributed by atoms with Crippen LogP contribution >= 0.6 is 46.6 Å². The van der Waals surface area contributed by atoms with Crippen molar-refractivity contribution in [3.8, 4) is 33.4 Å². The normalized spacial score (nSPS) is 11.8. The summed E-state index contributed by atoms with van der Waals surface area (Å²) < 4.78 is 81.1. The molecule has 0 spiro atoms. The van der Waals surface area contributed by atoms with Gasteiger partial charge in [0.1, 0.15) is 31.7 Å². The summed E-state index contributed by atoms with van der Waals surface area (Å²) in [6, 6.07) is 40.0. The number of benzene rings is 6. The average Bonchev–Trinajstić information content (AvgIpc) is 1.65. The molecule has 0 radical (unpaired) electrons.